The SMILES string of the molecule is NC1(C(=O)Oc2c[nH]c3ccccc23)CC1CC(=O)O. The average molecular weight is 274 g/mol. The van der Waals surface area contributed by atoms with E-state index >= 15 is 0 Å². The summed E-state index contributed by atoms with van der Waals surface area (Å²) in [5, 5.41) is 9.51. The number of ether oxygens (including phenoxy) is 1. The Morgan fingerprint density at radius 2 is 2.20 bits per heavy atom. The molecule has 0 amide bonds. The number of carbonyl (C=O) groups excluding carboxylic acids is 1. The zero-order valence-corrected chi connectivity index (χ0v) is 10.6. The summed E-state index contributed by atoms with van der Waals surface area (Å²) in [4.78, 5) is 25.7. The van der Waals surface area contributed by atoms with E-state index in [4.69, 9.17) is 15.6 Å². The molecule has 6 heteroatoms. The number of esters is 1. The fourth-order valence-electron chi connectivity index (χ4n) is 2.39. The normalized spacial score (nSPS) is 24.6. The number of aliphatic carboxylic acids is 1. The Balaban J connectivity index is 1.75. The second-order valence-corrected chi connectivity index (χ2v) is 5.13. The van der Waals surface area contributed by atoms with E-state index in [0.717, 1.165) is 10.9 Å². The van der Waals surface area contributed by atoms with Crippen LogP contribution in [0.1, 0.15) is 12.8 Å². The van der Waals surface area contributed by atoms with Crippen molar-refractivity contribution in [3.8, 4) is 5.75 Å². The third kappa shape index (κ3) is 2.04. The van der Waals surface area contributed by atoms with Crippen LogP contribution in [0.2, 0.25) is 0 Å². The molecule has 6 nitrogen and oxygen atoms in total. The molecule has 1 heterocycles. The lowest BCUT2D eigenvalue weighted by Crippen LogP contribution is -2.39. The van der Waals surface area contributed by atoms with E-state index in [0.29, 0.717) is 12.2 Å². The number of carboxylic acids is 1. The molecule has 1 fully saturated rings. The van der Waals surface area contributed by atoms with Gasteiger partial charge in [-0.25, -0.2) is 4.79 Å². The Morgan fingerprint density at radius 3 is 2.95 bits per heavy atom. The third-order valence-electron chi connectivity index (χ3n) is 3.71. The van der Waals surface area contributed by atoms with Crippen LogP contribution in [-0.4, -0.2) is 27.6 Å². The molecule has 2 unspecified atom stereocenters. The fourth-order valence-corrected chi connectivity index (χ4v) is 2.39. The molecule has 2 atom stereocenters. The fraction of sp³-hybridized carbons (Fsp3) is 0.286. The van der Waals surface area contributed by atoms with E-state index in [1.54, 1.807) is 6.20 Å². The lowest BCUT2D eigenvalue weighted by atomic mass is 10.2. The number of nitrogens with two attached hydrogens (primary N) is 1. The molecule has 0 aliphatic heterocycles. The van der Waals surface area contributed by atoms with Crippen molar-refractivity contribution in [3.63, 3.8) is 0 Å². The number of aromatic nitrogens is 1. The van der Waals surface area contributed by atoms with Crippen LogP contribution in [0.4, 0.5) is 0 Å². The van der Waals surface area contributed by atoms with Gasteiger partial charge in [-0.05, 0) is 18.6 Å². The Labute approximate surface area is 114 Å². The third-order valence-corrected chi connectivity index (χ3v) is 3.71. The van der Waals surface area contributed by atoms with Crippen molar-refractivity contribution in [1.29, 1.82) is 0 Å². The van der Waals surface area contributed by atoms with Crippen LogP contribution in [0.5, 0.6) is 5.75 Å². The maximum absolute atomic E-state index is 12.1. The van der Waals surface area contributed by atoms with Gasteiger partial charge in [0.15, 0.2) is 5.75 Å². The molecule has 0 bridgehead atoms. The second kappa shape index (κ2) is 4.35. The second-order valence-electron chi connectivity index (χ2n) is 5.13. The first-order chi connectivity index (χ1) is 9.50. The quantitative estimate of drug-likeness (QED) is 0.728. The maximum atomic E-state index is 12.1. The van der Waals surface area contributed by atoms with Gasteiger partial charge in [-0.3, -0.25) is 4.79 Å². The highest BCUT2D eigenvalue weighted by atomic mass is 16.5. The molecule has 1 aromatic heterocycles. The zero-order chi connectivity index (χ0) is 14.3. The number of carbonyl (C=O) groups is 2. The molecule has 1 aromatic carbocycles. The van der Waals surface area contributed by atoms with Crippen LogP contribution in [0, 0.1) is 5.92 Å². The van der Waals surface area contributed by atoms with Gasteiger partial charge >= 0.3 is 11.9 Å². The van der Waals surface area contributed by atoms with E-state index < -0.39 is 17.5 Å². The van der Waals surface area contributed by atoms with E-state index in [9.17, 15) is 9.59 Å². The minimum Gasteiger partial charge on any atom is -0.481 e. The van der Waals surface area contributed by atoms with Crippen LogP contribution in [0.15, 0.2) is 30.5 Å². The Kier molecular flexibility index (Phi) is 2.76. The first kappa shape index (κ1) is 12.7. The van der Waals surface area contributed by atoms with Gasteiger partial charge in [-0.1, -0.05) is 12.1 Å². The molecule has 2 aromatic rings. The predicted octanol–water partition coefficient (Wildman–Crippen LogP) is 1.27. The molecule has 0 spiro atoms. The monoisotopic (exact) mass is 274 g/mol. The summed E-state index contributed by atoms with van der Waals surface area (Å²) in [7, 11) is 0. The molecule has 20 heavy (non-hydrogen) atoms. The molecular formula is C14H14N2O4. The zero-order valence-electron chi connectivity index (χ0n) is 10.6. The molecule has 0 saturated heterocycles. The topological polar surface area (TPSA) is 105 Å². The number of nitrogens with one attached hydrogen (secondary N) is 1. The molecule has 1 aliphatic carbocycles. The van der Waals surface area contributed by atoms with Crippen LogP contribution >= 0.6 is 0 Å². The Bertz CT molecular complexity index is 693. The minimum atomic E-state index is -1.17. The van der Waals surface area contributed by atoms with E-state index in [2.05, 4.69) is 4.98 Å². The molecule has 1 saturated carbocycles. The van der Waals surface area contributed by atoms with Crippen molar-refractivity contribution in [1.82, 2.24) is 4.98 Å². The van der Waals surface area contributed by atoms with Gasteiger partial charge in [-0.15, -0.1) is 0 Å². The lowest BCUT2D eigenvalue weighted by Gasteiger charge is -2.09. The van der Waals surface area contributed by atoms with E-state index in [1.165, 1.54) is 0 Å². The Morgan fingerprint density at radius 1 is 1.45 bits per heavy atom. The molecule has 0 radical (unpaired) electrons. The smallest absolute Gasteiger partial charge is 0.331 e. The van der Waals surface area contributed by atoms with Crippen molar-refractivity contribution < 1.29 is 19.4 Å². The summed E-state index contributed by atoms with van der Waals surface area (Å²) in [5.41, 5.74) is 5.59. The van der Waals surface area contributed by atoms with Gasteiger partial charge < -0.3 is 20.6 Å². The highest BCUT2D eigenvalue weighted by Crippen LogP contribution is 2.45. The van der Waals surface area contributed by atoms with Crippen molar-refractivity contribution in [2.45, 2.75) is 18.4 Å². The Hall–Kier alpha value is -2.34. The average Bonchev–Trinajstić information content (AvgIpc) is 2.88. The number of para-hydroxylation sites is 1. The number of rotatable bonds is 4. The van der Waals surface area contributed by atoms with Crippen molar-refractivity contribution in [3.05, 3.63) is 30.5 Å². The number of H-pyrrole nitrogens is 1. The number of carboxylic acid groups (broad SMARTS) is 1. The van der Waals surface area contributed by atoms with E-state index in [1.807, 2.05) is 24.3 Å². The van der Waals surface area contributed by atoms with Crippen LogP contribution in [0.25, 0.3) is 10.9 Å². The van der Waals surface area contributed by atoms with Gasteiger partial charge in [0.2, 0.25) is 0 Å². The molecule has 104 valence electrons. The van der Waals surface area contributed by atoms with Gasteiger partial charge in [0, 0.05) is 23.0 Å². The van der Waals surface area contributed by atoms with Crippen molar-refractivity contribution in [2.75, 3.05) is 0 Å². The summed E-state index contributed by atoms with van der Waals surface area (Å²) in [6, 6.07) is 7.42. The summed E-state index contributed by atoms with van der Waals surface area (Å²) >= 11 is 0. The number of hydrogen-bond acceptors (Lipinski definition) is 4. The maximum Gasteiger partial charge on any atom is 0.331 e. The number of benzene rings is 1. The summed E-state index contributed by atoms with van der Waals surface area (Å²) in [6.07, 6.45) is 1.83. The molecular weight excluding hydrogens is 260 g/mol. The highest BCUT2D eigenvalue weighted by Gasteiger charge is 2.59. The van der Waals surface area contributed by atoms with Gasteiger partial charge in [0.1, 0.15) is 5.54 Å². The number of fused-ring (bicyclic) bond motifs is 1. The summed E-state index contributed by atoms with van der Waals surface area (Å²) in [6.45, 7) is 0. The van der Waals surface area contributed by atoms with E-state index in [-0.39, 0.29) is 12.3 Å². The van der Waals surface area contributed by atoms with Gasteiger partial charge in [0.05, 0.1) is 6.42 Å². The van der Waals surface area contributed by atoms with Gasteiger partial charge in [0.25, 0.3) is 0 Å². The largest absolute Gasteiger partial charge is 0.481 e. The van der Waals surface area contributed by atoms with Crippen LogP contribution in [0.3, 0.4) is 0 Å². The predicted molar refractivity (Wildman–Crippen MR) is 71.2 cm³/mol. The standard InChI is InChI=1S/C14H14N2O4/c15-14(6-8(14)5-12(17)18)13(19)20-11-7-16-10-4-2-1-3-9(10)11/h1-4,7-8,16H,5-6,15H2,(H,17,18). The first-order valence-corrected chi connectivity index (χ1v) is 6.30. The summed E-state index contributed by atoms with van der Waals surface area (Å²) in [5.74, 6) is -1.47. The van der Waals surface area contributed by atoms with Crippen LogP contribution < -0.4 is 10.5 Å². The molecule has 4 N–H and O–H groups in total. The minimum absolute atomic E-state index is 0.112. The molecule has 3 rings (SSSR count). The van der Waals surface area contributed by atoms with Gasteiger partial charge in [-0.2, -0.15) is 0 Å². The van der Waals surface area contributed by atoms with Crippen molar-refractivity contribution >= 4 is 22.8 Å². The highest BCUT2D eigenvalue weighted by molar-refractivity contribution is 5.92. The first-order valence-electron chi connectivity index (χ1n) is 6.30. The van der Waals surface area contributed by atoms with Crippen LogP contribution in [-0.2, 0) is 9.59 Å². The lowest BCUT2D eigenvalue weighted by molar-refractivity contribution is -0.138. The summed E-state index contributed by atoms with van der Waals surface area (Å²) < 4.78 is 5.32. The number of aromatic amines is 1. The molecule has 1 aliphatic rings. The number of hydrogen-bond donors (Lipinski definition) is 3. The van der Waals surface area contributed by atoms with Crippen molar-refractivity contribution in [2.24, 2.45) is 11.7 Å².